The Bertz CT molecular complexity index is 505. The third kappa shape index (κ3) is 1.90. The van der Waals surface area contributed by atoms with Gasteiger partial charge in [0.15, 0.2) is 11.6 Å². The maximum Gasteiger partial charge on any atom is 0.169 e. The Hall–Kier alpha value is -1.29. The molecule has 2 aromatic rings. The first-order chi connectivity index (χ1) is 7.08. The van der Waals surface area contributed by atoms with Gasteiger partial charge in [-0.15, -0.1) is 0 Å². The fraction of sp³-hybridized carbons (Fsp3) is 0.182. The molecule has 0 unspecified atom stereocenters. The average molecular weight is 267 g/mol. The average Bonchev–Trinajstić information content (AvgIpc) is 2.58. The largest absolute Gasteiger partial charge is 0.381 e. The second-order valence-corrected chi connectivity index (χ2v) is 4.43. The summed E-state index contributed by atoms with van der Waals surface area (Å²) in [6.07, 6.45) is 0. The molecule has 0 fully saturated rings. The second-order valence-electron chi connectivity index (χ2n) is 3.51. The first kappa shape index (κ1) is 10.2. The van der Waals surface area contributed by atoms with Crippen molar-refractivity contribution in [2.45, 2.75) is 13.8 Å². The molecule has 0 atom stereocenters. The highest BCUT2D eigenvalue weighted by molar-refractivity contribution is 9.10. The van der Waals surface area contributed by atoms with E-state index >= 15 is 0 Å². The lowest BCUT2D eigenvalue weighted by Gasteiger charge is -2.06. The number of aryl methyl sites for hydroxylation is 1. The number of nitrogen functional groups attached to an aromatic ring is 1. The molecule has 78 valence electrons. The molecule has 2 rings (SSSR count). The number of hydrogen-bond acceptors (Lipinski definition) is 3. The highest BCUT2D eigenvalue weighted by atomic mass is 79.9. The van der Waals surface area contributed by atoms with Crippen molar-refractivity contribution in [3.05, 3.63) is 33.8 Å². The SMILES string of the molecule is Cc1cc(Br)cc(-c2cc(N)no2)c1C. The first-order valence-corrected chi connectivity index (χ1v) is 5.36. The highest BCUT2D eigenvalue weighted by Gasteiger charge is 2.10. The number of benzene rings is 1. The molecule has 0 spiro atoms. The molecule has 1 aromatic heterocycles. The van der Waals surface area contributed by atoms with Crippen molar-refractivity contribution in [1.29, 1.82) is 0 Å². The maximum absolute atomic E-state index is 5.53. The third-order valence-electron chi connectivity index (χ3n) is 2.43. The zero-order valence-electron chi connectivity index (χ0n) is 8.54. The van der Waals surface area contributed by atoms with E-state index in [1.165, 1.54) is 11.1 Å². The van der Waals surface area contributed by atoms with Crippen LogP contribution in [0.1, 0.15) is 11.1 Å². The van der Waals surface area contributed by atoms with Gasteiger partial charge in [-0.2, -0.15) is 0 Å². The third-order valence-corrected chi connectivity index (χ3v) is 2.88. The molecule has 0 saturated carbocycles. The van der Waals surface area contributed by atoms with Crippen LogP contribution in [0.25, 0.3) is 11.3 Å². The fourth-order valence-electron chi connectivity index (χ4n) is 1.49. The van der Waals surface area contributed by atoms with Gasteiger partial charge in [-0.1, -0.05) is 21.1 Å². The summed E-state index contributed by atoms with van der Waals surface area (Å²) in [5.41, 5.74) is 8.92. The number of rotatable bonds is 1. The zero-order chi connectivity index (χ0) is 11.0. The van der Waals surface area contributed by atoms with Gasteiger partial charge in [0, 0.05) is 16.1 Å². The number of anilines is 1. The molecular formula is C11H11BrN2O. The number of aromatic nitrogens is 1. The van der Waals surface area contributed by atoms with Crippen LogP contribution in [0, 0.1) is 13.8 Å². The lowest BCUT2D eigenvalue weighted by atomic mass is 10.0. The van der Waals surface area contributed by atoms with Crippen molar-refractivity contribution in [3.8, 4) is 11.3 Å². The molecule has 3 nitrogen and oxygen atoms in total. The van der Waals surface area contributed by atoms with Gasteiger partial charge in [0.1, 0.15) is 0 Å². The molecule has 15 heavy (non-hydrogen) atoms. The van der Waals surface area contributed by atoms with Gasteiger partial charge >= 0.3 is 0 Å². The van der Waals surface area contributed by atoms with Crippen molar-refractivity contribution in [2.75, 3.05) is 5.73 Å². The van der Waals surface area contributed by atoms with E-state index in [0.29, 0.717) is 11.6 Å². The molecule has 0 saturated heterocycles. The number of nitrogens with zero attached hydrogens (tertiary/aromatic N) is 1. The van der Waals surface area contributed by atoms with Gasteiger partial charge in [-0.25, -0.2) is 0 Å². The minimum atomic E-state index is 0.405. The molecule has 0 aliphatic carbocycles. The minimum Gasteiger partial charge on any atom is -0.381 e. The molecule has 0 amide bonds. The van der Waals surface area contributed by atoms with E-state index in [0.717, 1.165) is 10.0 Å². The molecule has 0 bridgehead atoms. The summed E-state index contributed by atoms with van der Waals surface area (Å²) in [5.74, 6) is 1.11. The second kappa shape index (κ2) is 3.70. The predicted octanol–water partition coefficient (Wildman–Crippen LogP) is 3.30. The monoisotopic (exact) mass is 266 g/mol. The highest BCUT2D eigenvalue weighted by Crippen LogP contribution is 2.30. The van der Waals surface area contributed by atoms with Gasteiger partial charge in [-0.05, 0) is 37.1 Å². The van der Waals surface area contributed by atoms with Gasteiger partial charge in [0.25, 0.3) is 0 Å². The van der Waals surface area contributed by atoms with E-state index in [1.54, 1.807) is 6.07 Å². The quantitative estimate of drug-likeness (QED) is 0.862. The van der Waals surface area contributed by atoms with Gasteiger partial charge < -0.3 is 10.3 Å². The smallest absolute Gasteiger partial charge is 0.169 e. The van der Waals surface area contributed by atoms with Crippen LogP contribution in [0.15, 0.2) is 27.2 Å². The Kier molecular flexibility index (Phi) is 2.52. The number of halogens is 1. The molecule has 1 aromatic carbocycles. The van der Waals surface area contributed by atoms with Crippen LogP contribution < -0.4 is 5.73 Å². The standard InChI is InChI=1S/C11H11BrN2O/c1-6-3-8(12)4-9(7(6)2)10-5-11(13)14-15-10/h3-5H,1-2H3,(H2,13,14). The Morgan fingerprint density at radius 1 is 1.27 bits per heavy atom. The predicted molar refractivity (Wildman–Crippen MR) is 63.5 cm³/mol. The molecule has 2 N–H and O–H groups in total. The van der Waals surface area contributed by atoms with E-state index in [2.05, 4.69) is 41.0 Å². The number of nitrogens with two attached hydrogens (primary N) is 1. The Balaban J connectivity index is 2.62. The van der Waals surface area contributed by atoms with Crippen LogP contribution in [0.3, 0.4) is 0 Å². The summed E-state index contributed by atoms with van der Waals surface area (Å²) >= 11 is 3.46. The van der Waals surface area contributed by atoms with Crippen LogP contribution in [0.5, 0.6) is 0 Å². The van der Waals surface area contributed by atoms with Crippen LogP contribution in [0.2, 0.25) is 0 Å². The Morgan fingerprint density at radius 2 is 2.00 bits per heavy atom. The van der Waals surface area contributed by atoms with Gasteiger partial charge in [0.05, 0.1) is 0 Å². The van der Waals surface area contributed by atoms with Crippen molar-refractivity contribution in [3.63, 3.8) is 0 Å². The van der Waals surface area contributed by atoms with Gasteiger partial charge in [0.2, 0.25) is 0 Å². The Labute approximate surface area is 96.4 Å². The molecule has 0 aliphatic rings. The van der Waals surface area contributed by atoms with Crippen LogP contribution >= 0.6 is 15.9 Å². The van der Waals surface area contributed by atoms with Crippen molar-refractivity contribution in [2.24, 2.45) is 0 Å². The molecule has 0 radical (unpaired) electrons. The topological polar surface area (TPSA) is 52.0 Å². The summed E-state index contributed by atoms with van der Waals surface area (Å²) in [7, 11) is 0. The van der Waals surface area contributed by atoms with E-state index in [1.807, 2.05) is 6.07 Å². The summed E-state index contributed by atoms with van der Waals surface area (Å²) in [6.45, 7) is 4.11. The number of hydrogen-bond donors (Lipinski definition) is 1. The van der Waals surface area contributed by atoms with Gasteiger partial charge in [-0.3, -0.25) is 0 Å². The summed E-state index contributed by atoms with van der Waals surface area (Å²) < 4.78 is 6.17. The van der Waals surface area contributed by atoms with E-state index in [4.69, 9.17) is 10.3 Å². The maximum atomic E-state index is 5.53. The summed E-state index contributed by atoms with van der Waals surface area (Å²) in [5, 5.41) is 3.68. The molecular weight excluding hydrogens is 256 g/mol. The lowest BCUT2D eigenvalue weighted by Crippen LogP contribution is -1.86. The van der Waals surface area contributed by atoms with E-state index in [-0.39, 0.29) is 0 Å². The first-order valence-electron chi connectivity index (χ1n) is 4.57. The van der Waals surface area contributed by atoms with Crippen molar-refractivity contribution in [1.82, 2.24) is 5.16 Å². The zero-order valence-corrected chi connectivity index (χ0v) is 10.1. The van der Waals surface area contributed by atoms with E-state index in [9.17, 15) is 0 Å². The van der Waals surface area contributed by atoms with Crippen molar-refractivity contribution < 1.29 is 4.52 Å². The molecule has 4 heteroatoms. The van der Waals surface area contributed by atoms with Crippen LogP contribution in [-0.4, -0.2) is 5.16 Å². The fourth-order valence-corrected chi connectivity index (χ4v) is 2.06. The minimum absolute atomic E-state index is 0.405. The van der Waals surface area contributed by atoms with E-state index < -0.39 is 0 Å². The Morgan fingerprint density at radius 3 is 2.60 bits per heavy atom. The normalized spacial score (nSPS) is 10.6. The van der Waals surface area contributed by atoms with Crippen LogP contribution in [0.4, 0.5) is 5.82 Å². The lowest BCUT2D eigenvalue weighted by molar-refractivity contribution is 0.435. The summed E-state index contributed by atoms with van der Waals surface area (Å²) in [4.78, 5) is 0. The van der Waals surface area contributed by atoms with Crippen LogP contribution in [-0.2, 0) is 0 Å². The molecule has 0 aliphatic heterocycles. The summed E-state index contributed by atoms with van der Waals surface area (Å²) in [6, 6.07) is 5.80. The van der Waals surface area contributed by atoms with Crippen molar-refractivity contribution >= 4 is 21.7 Å². The molecule has 1 heterocycles.